The van der Waals surface area contributed by atoms with Crippen LogP contribution in [0.25, 0.3) is 0 Å². The van der Waals surface area contributed by atoms with Gasteiger partial charge in [-0.2, -0.15) is 0 Å². The maximum absolute atomic E-state index is 12.0. The van der Waals surface area contributed by atoms with Crippen molar-refractivity contribution in [1.29, 1.82) is 0 Å². The number of benzene rings is 2. The van der Waals surface area contributed by atoms with E-state index in [1.807, 2.05) is 19.9 Å². The zero-order valence-electron chi connectivity index (χ0n) is 12.4. The number of amides is 2. The molecule has 0 spiro atoms. The molecular formula is C17H17ClN2O2. The number of carbonyl (C=O) groups excluding carboxylic acids is 2. The summed E-state index contributed by atoms with van der Waals surface area (Å²) in [6, 6.07) is 12.4. The topological polar surface area (TPSA) is 58.2 Å². The second-order valence-corrected chi connectivity index (χ2v) is 5.50. The van der Waals surface area contributed by atoms with E-state index in [1.54, 1.807) is 36.4 Å². The molecule has 0 saturated carbocycles. The summed E-state index contributed by atoms with van der Waals surface area (Å²) in [7, 11) is 0. The molecule has 2 N–H and O–H groups in total. The van der Waals surface area contributed by atoms with Crippen molar-refractivity contribution >= 4 is 29.1 Å². The first kappa shape index (κ1) is 16.0. The fourth-order valence-electron chi connectivity index (χ4n) is 2.01. The van der Waals surface area contributed by atoms with Gasteiger partial charge in [0.05, 0.1) is 6.54 Å². The van der Waals surface area contributed by atoms with Gasteiger partial charge >= 0.3 is 0 Å². The number of carbonyl (C=O) groups is 2. The molecule has 2 aromatic rings. The number of hydrogen-bond acceptors (Lipinski definition) is 2. The highest BCUT2D eigenvalue weighted by Gasteiger charge is 2.09. The zero-order chi connectivity index (χ0) is 16.1. The molecule has 0 aliphatic rings. The van der Waals surface area contributed by atoms with E-state index in [2.05, 4.69) is 10.6 Å². The van der Waals surface area contributed by atoms with Crippen LogP contribution in [0, 0.1) is 13.8 Å². The highest BCUT2D eigenvalue weighted by molar-refractivity contribution is 6.30. The van der Waals surface area contributed by atoms with E-state index < -0.39 is 0 Å². The summed E-state index contributed by atoms with van der Waals surface area (Å²) >= 11 is 5.87. The Kier molecular flexibility index (Phi) is 5.17. The molecule has 0 aliphatic heterocycles. The molecule has 0 saturated heterocycles. The van der Waals surface area contributed by atoms with E-state index in [1.165, 1.54) is 0 Å². The van der Waals surface area contributed by atoms with Crippen molar-refractivity contribution < 1.29 is 9.59 Å². The standard InChI is InChI=1S/C17H17ClN2O2/c1-11-4-3-5-13(8-11)17(22)19-10-16(21)20-15-7-6-14(18)9-12(15)2/h3-9H,10H2,1-2H3,(H,19,22)(H,20,21). The second-order valence-electron chi connectivity index (χ2n) is 5.06. The third-order valence-corrected chi connectivity index (χ3v) is 3.39. The van der Waals surface area contributed by atoms with E-state index >= 15 is 0 Å². The van der Waals surface area contributed by atoms with Crippen LogP contribution in [0.1, 0.15) is 21.5 Å². The summed E-state index contributed by atoms with van der Waals surface area (Å²) < 4.78 is 0. The Labute approximate surface area is 134 Å². The van der Waals surface area contributed by atoms with Gasteiger partial charge in [-0.05, 0) is 49.7 Å². The predicted octanol–water partition coefficient (Wildman–Crippen LogP) is 3.33. The minimum absolute atomic E-state index is 0.0885. The Bertz CT molecular complexity index is 714. The van der Waals surface area contributed by atoms with Crippen LogP contribution in [-0.4, -0.2) is 18.4 Å². The van der Waals surface area contributed by atoms with Crippen molar-refractivity contribution in [2.45, 2.75) is 13.8 Å². The lowest BCUT2D eigenvalue weighted by Gasteiger charge is -2.10. The number of aryl methyl sites for hydroxylation is 2. The molecule has 0 aliphatic carbocycles. The van der Waals surface area contributed by atoms with Crippen LogP contribution in [0.2, 0.25) is 5.02 Å². The third kappa shape index (κ3) is 4.33. The zero-order valence-corrected chi connectivity index (χ0v) is 13.2. The van der Waals surface area contributed by atoms with Crippen molar-refractivity contribution in [3.8, 4) is 0 Å². The normalized spacial score (nSPS) is 10.1. The third-order valence-electron chi connectivity index (χ3n) is 3.15. The van der Waals surface area contributed by atoms with Crippen molar-refractivity contribution in [3.05, 3.63) is 64.2 Å². The number of rotatable bonds is 4. The smallest absolute Gasteiger partial charge is 0.251 e. The van der Waals surface area contributed by atoms with Crippen LogP contribution < -0.4 is 10.6 Å². The molecule has 4 nitrogen and oxygen atoms in total. The van der Waals surface area contributed by atoms with Gasteiger partial charge in [-0.15, -0.1) is 0 Å². The number of halogens is 1. The van der Waals surface area contributed by atoms with E-state index in [0.29, 0.717) is 16.3 Å². The van der Waals surface area contributed by atoms with Gasteiger partial charge in [-0.3, -0.25) is 9.59 Å². The molecule has 2 amide bonds. The Morgan fingerprint density at radius 1 is 1.09 bits per heavy atom. The average molecular weight is 317 g/mol. The van der Waals surface area contributed by atoms with Crippen LogP contribution in [0.4, 0.5) is 5.69 Å². The molecule has 5 heteroatoms. The molecule has 22 heavy (non-hydrogen) atoms. The Morgan fingerprint density at radius 3 is 2.55 bits per heavy atom. The number of hydrogen-bond donors (Lipinski definition) is 2. The van der Waals surface area contributed by atoms with Gasteiger partial charge in [0.25, 0.3) is 5.91 Å². The van der Waals surface area contributed by atoms with E-state index in [9.17, 15) is 9.59 Å². The SMILES string of the molecule is Cc1cccc(C(=O)NCC(=O)Nc2ccc(Cl)cc2C)c1. The lowest BCUT2D eigenvalue weighted by molar-refractivity contribution is -0.115. The summed E-state index contributed by atoms with van der Waals surface area (Å²) in [6.45, 7) is 3.68. The number of anilines is 1. The van der Waals surface area contributed by atoms with Crippen LogP contribution in [0.5, 0.6) is 0 Å². The molecule has 114 valence electrons. The maximum Gasteiger partial charge on any atom is 0.251 e. The van der Waals surface area contributed by atoms with Gasteiger partial charge in [-0.1, -0.05) is 29.3 Å². The van der Waals surface area contributed by atoms with Gasteiger partial charge in [-0.25, -0.2) is 0 Å². The van der Waals surface area contributed by atoms with Crippen molar-refractivity contribution in [1.82, 2.24) is 5.32 Å². The molecule has 2 rings (SSSR count). The molecular weight excluding hydrogens is 300 g/mol. The van der Waals surface area contributed by atoms with Gasteiger partial charge in [0.15, 0.2) is 0 Å². The first-order chi connectivity index (χ1) is 10.5. The molecule has 0 radical (unpaired) electrons. The Balaban J connectivity index is 1.91. The molecule has 0 heterocycles. The maximum atomic E-state index is 12.0. The van der Waals surface area contributed by atoms with Crippen molar-refractivity contribution in [2.24, 2.45) is 0 Å². The largest absolute Gasteiger partial charge is 0.343 e. The monoisotopic (exact) mass is 316 g/mol. The number of nitrogens with one attached hydrogen (secondary N) is 2. The van der Waals surface area contributed by atoms with E-state index in [0.717, 1.165) is 11.1 Å². The molecule has 0 atom stereocenters. The lowest BCUT2D eigenvalue weighted by Crippen LogP contribution is -2.33. The van der Waals surface area contributed by atoms with E-state index in [-0.39, 0.29) is 18.4 Å². The minimum atomic E-state index is -0.286. The molecule has 0 aromatic heterocycles. The summed E-state index contributed by atoms with van der Waals surface area (Å²) in [4.78, 5) is 23.9. The minimum Gasteiger partial charge on any atom is -0.343 e. The second kappa shape index (κ2) is 7.09. The predicted molar refractivity (Wildman–Crippen MR) is 88.3 cm³/mol. The highest BCUT2D eigenvalue weighted by atomic mass is 35.5. The van der Waals surface area contributed by atoms with Crippen LogP contribution >= 0.6 is 11.6 Å². The van der Waals surface area contributed by atoms with E-state index in [4.69, 9.17) is 11.6 Å². The van der Waals surface area contributed by atoms with Gasteiger partial charge in [0, 0.05) is 16.3 Å². The van der Waals surface area contributed by atoms with Crippen LogP contribution in [-0.2, 0) is 4.79 Å². The molecule has 2 aromatic carbocycles. The average Bonchev–Trinajstić information content (AvgIpc) is 2.47. The summed E-state index contributed by atoms with van der Waals surface area (Å²) in [5.41, 5.74) is 3.08. The molecule has 0 bridgehead atoms. The van der Waals surface area contributed by atoms with Gasteiger partial charge in [0.1, 0.15) is 0 Å². The molecule has 0 unspecified atom stereocenters. The quantitative estimate of drug-likeness (QED) is 0.909. The molecule has 0 fully saturated rings. The van der Waals surface area contributed by atoms with Crippen LogP contribution in [0.15, 0.2) is 42.5 Å². The summed E-state index contributed by atoms with van der Waals surface area (Å²) in [5.74, 6) is -0.557. The van der Waals surface area contributed by atoms with Crippen molar-refractivity contribution in [3.63, 3.8) is 0 Å². The van der Waals surface area contributed by atoms with Gasteiger partial charge < -0.3 is 10.6 Å². The Morgan fingerprint density at radius 2 is 1.86 bits per heavy atom. The summed E-state index contributed by atoms with van der Waals surface area (Å²) in [6.07, 6.45) is 0. The first-order valence-corrected chi connectivity index (χ1v) is 7.24. The highest BCUT2D eigenvalue weighted by Crippen LogP contribution is 2.19. The lowest BCUT2D eigenvalue weighted by atomic mass is 10.1. The Hall–Kier alpha value is -2.33. The van der Waals surface area contributed by atoms with Gasteiger partial charge in [0.2, 0.25) is 5.91 Å². The first-order valence-electron chi connectivity index (χ1n) is 6.86. The summed E-state index contributed by atoms with van der Waals surface area (Å²) in [5, 5.41) is 5.96. The fourth-order valence-corrected chi connectivity index (χ4v) is 2.24. The fraction of sp³-hybridized carbons (Fsp3) is 0.176. The van der Waals surface area contributed by atoms with Crippen molar-refractivity contribution in [2.75, 3.05) is 11.9 Å². The van der Waals surface area contributed by atoms with Crippen LogP contribution in [0.3, 0.4) is 0 Å².